The van der Waals surface area contributed by atoms with Gasteiger partial charge >= 0.3 is 0 Å². The summed E-state index contributed by atoms with van der Waals surface area (Å²) in [5.74, 6) is -0.738. The molecular weight excluding hydrogens is 484 g/mol. The van der Waals surface area contributed by atoms with E-state index in [1.165, 1.54) is 18.6 Å². The van der Waals surface area contributed by atoms with Gasteiger partial charge < -0.3 is 15.0 Å². The van der Waals surface area contributed by atoms with Crippen molar-refractivity contribution in [3.63, 3.8) is 0 Å². The Hall–Kier alpha value is -3.71. The number of aromatic nitrogens is 1. The Bertz CT molecular complexity index is 1450. The average Bonchev–Trinajstić information content (AvgIpc) is 3.29. The van der Waals surface area contributed by atoms with Crippen LogP contribution < -0.4 is 10.1 Å². The molecule has 1 saturated carbocycles. The number of amides is 1. The molecule has 0 spiro atoms. The maximum Gasteiger partial charge on any atom is 0.256 e. The third-order valence-electron chi connectivity index (χ3n) is 7.95. The largest absolute Gasteiger partial charge is 0.489 e. The van der Waals surface area contributed by atoms with Crippen molar-refractivity contribution in [3.05, 3.63) is 95.2 Å². The zero-order chi connectivity index (χ0) is 26.1. The molecule has 2 N–H and O–H groups in total. The Morgan fingerprint density at radius 3 is 2.68 bits per heavy atom. The molecule has 0 saturated heterocycles. The Labute approximate surface area is 220 Å². The van der Waals surface area contributed by atoms with Gasteiger partial charge in [-0.05, 0) is 86.7 Å². The number of aryl methyl sites for hydroxylation is 1. The minimum Gasteiger partial charge on any atom is -0.489 e. The maximum absolute atomic E-state index is 14.7. The molecule has 196 valence electrons. The van der Waals surface area contributed by atoms with Gasteiger partial charge in [-0.2, -0.15) is 0 Å². The van der Waals surface area contributed by atoms with E-state index in [1.54, 1.807) is 18.2 Å². The number of ether oxygens (including phenoxy) is 1. The highest BCUT2D eigenvalue weighted by Crippen LogP contribution is 2.36. The van der Waals surface area contributed by atoms with E-state index in [0.717, 1.165) is 48.7 Å². The molecule has 6 rings (SSSR count). The lowest BCUT2D eigenvalue weighted by atomic mass is 9.87. The number of hydrogen-bond donors (Lipinski definition) is 2. The van der Waals surface area contributed by atoms with E-state index in [9.17, 15) is 13.6 Å². The maximum atomic E-state index is 14.7. The van der Waals surface area contributed by atoms with Crippen molar-refractivity contribution in [3.8, 4) is 5.75 Å². The molecule has 1 amide bonds. The topological polar surface area (TPSA) is 57.4 Å². The van der Waals surface area contributed by atoms with Crippen LogP contribution in [-0.2, 0) is 12.8 Å². The van der Waals surface area contributed by atoms with Crippen LogP contribution >= 0.6 is 0 Å². The second-order valence-electron chi connectivity index (χ2n) is 10.3. The molecular formula is C31H31F2N3O2. The highest BCUT2D eigenvalue weighted by molar-refractivity contribution is 6.05. The number of nitrogens with zero attached hydrogens (tertiary/aromatic N) is 1. The average molecular weight is 516 g/mol. The van der Waals surface area contributed by atoms with Gasteiger partial charge in [0.25, 0.3) is 5.91 Å². The molecule has 2 aliphatic rings. The first-order valence-corrected chi connectivity index (χ1v) is 13.4. The zero-order valence-electron chi connectivity index (χ0n) is 21.2. The minimum absolute atomic E-state index is 0.0540. The molecule has 1 aliphatic heterocycles. The van der Waals surface area contributed by atoms with Crippen molar-refractivity contribution < 1.29 is 18.3 Å². The molecule has 1 aromatic heterocycles. The number of carbonyl (C=O) groups is 1. The predicted octanol–water partition coefficient (Wildman–Crippen LogP) is 6.49. The summed E-state index contributed by atoms with van der Waals surface area (Å²) >= 11 is 0. The fraction of sp³-hybridized carbons (Fsp3) is 0.323. The molecule has 4 aromatic rings. The lowest BCUT2D eigenvalue weighted by Crippen LogP contribution is -2.51. The molecule has 1 fully saturated rings. The Balaban J connectivity index is 1.19. The van der Waals surface area contributed by atoms with Gasteiger partial charge in [0.2, 0.25) is 0 Å². The molecule has 3 aromatic carbocycles. The zero-order valence-corrected chi connectivity index (χ0v) is 21.2. The Kier molecular flexibility index (Phi) is 6.85. The van der Waals surface area contributed by atoms with Crippen LogP contribution in [0.25, 0.3) is 10.9 Å². The van der Waals surface area contributed by atoms with Crippen molar-refractivity contribution in [2.24, 2.45) is 0 Å². The van der Waals surface area contributed by atoms with Gasteiger partial charge in [0.05, 0.1) is 0 Å². The van der Waals surface area contributed by atoms with Crippen LogP contribution in [0.3, 0.4) is 0 Å². The number of aromatic amines is 1. The SMILES string of the molecule is O=C(Nc1ccccc1)c1ccc(F)c2c1CC(N(CCCc1c[nH]c3ccc(F)cc13)C1CCC1)CO2. The lowest BCUT2D eigenvalue weighted by Gasteiger charge is -2.44. The number of H-pyrrole nitrogens is 1. The number of halogens is 2. The fourth-order valence-corrected chi connectivity index (χ4v) is 5.77. The van der Waals surface area contributed by atoms with E-state index < -0.39 is 5.82 Å². The molecule has 0 radical (unpaired) electrons. The summed E-state index contributed by atoms with van der Waals surface area (Å²) in [5, 5.41) is 3.86. The number of hydrogen-bond acceptors (Lipinski definition) is 3. The lowest BCUT2D eigenvalue weighted by molar-refractivity contribution is 0.0422. The molecule has 1 atom stereocenters. The van der Waals surface area contributed by atoms with E-state index in [-0.39, 0.29) is 23.5 Å². The highest BCUT2D eigenvalue weighted by atomic mass is 19.1. The molecule has 38 heavy (non-hydrogen) atoms. The molecule has 0 bridgehead atoms. The van der Waals surface area contributed by atoms with Crippen LogP contribution in [0, 0.1) is 11.6 Å². The standard InChI is InChI=1S/C31H31F2N3O2/c32-21-11-14-29-26(16-21)20(18-34-29)6-5-15-36(23-9-4-10-23)24-17-27-25(12-13-28(33)30(27)38-19-24)31(37)35-22-7-2-1-3-8-22/h1-3,7-8,11-14,16,18,23-24,34H,4-6,9-10,15,17,19H2,(H,35,37). The summed E-state index contributed by atoms with van der Waals surface area (Å²) in [4.78, 5) is 18.9. The van der Waals surface area contributed by atoms with Crippen molar-refractivity contribution in [2.45, 2.75) is 50.6 Å². The van der Waals surface area contributed by atoms with Crippen LogP contribution in [0.15, 0.2) is 66.9 Å². The Morgan fingerprint density at radius 1 is 1.05 bits per heavy atom. The van der Waals surface area contributed by atoms with Gasteiger partial charge in [0.15, 0.2) is 11.6 Å². The summed E-state index contributed by atoms with van der Waals surface area (Å²) in [5.41, 5.74) is 3.82. The summed E-state index contributed by atoms with van der Waals surface area (Å²) in [6.45, 7) is 1.25. The van der Waals surface area contributed by atoms with Gasteiger partial charge in [-0.3, -0.25) is 9.69 Å². The van der Waals surface area contributed by atoms with Crippen LogP contribution in [0.4, 0.5) is 14.5 Å². The van der Waals surface area contributed by atoms with E-state index >= 15 is 0 Å². The van der Waals surface area contributed by atoms with Gasteiger partial charge in [0, 0.05) is 46.0 Å². The fourth-order valence-electron chi connectivity index (χ4n) is 5.77. The van der Waals surface area contributed by atoms with Crippen LogP contribution in [-0.4, -0.2) is 41.0 Å². The van der Waals surface area contributed by atoms with Crippen molar-refractivity contribution in [1.29, 1.82) is 0 Å². The first-order valence-electron chi connectivity index (χ1n) is 13.4. The van der Waals surface area contributed by atoms with Gasteiger partial charge in [-0.15, -0.1) is 0 Å². The van der Waals surface area contributed by atoms with Gasteiger partial charge in [-0.25, -0.2) is 8.78 Å². The second kappa shape index (κ2) is 10.6. The summed E-state index contributed by atoms with van der Waals surface area (Å²) < 4.78 is 34.5. The monoisotopic (exact) mass is 515 g/mol. The predicted molar refractivity (Wildman–Crippen MR) is 145 cm³/mol. The number of nitrogens with one attached hydrogen (secondary N) is 2. The van der Waals surface area contributed by atoms with Gasteiger partial charge in [-0.1, -0.05) is 24.6 Å². The molecule has 2 heterocycles. The van der Waals surface area contributed by atoms with Crippen molar-refractivity contribution >= 4 is 22.5 Å². The van der Waals surface area contributed by atoms with E-state index in [0.29, 0.717) is 35.9 Å². The highest BCUT2D eigenvalue weighted by Gasteiger charge is 2.35. The Morgan fingerprint density at radius 2 is 1.89 bits per heavy atom. The minimum atomic E-state index is -0.434. The first-order chi connectivity index (χ1) is 18.6. The summed E-state index contributed by atoms with van der Waals surface area (Å²) in [6, 6.07) is 17.5. The molecule has 1 aliphatic carbocycles. The van der Waals surface area contributed by atoms with E-state index in [2.05, 4.69) is 15.2 Å². The molecule has 1 unspecified atom stereocenters. The normalized spacial score (nSPS) is 17.2. The quantitative estimate of drug-likeness (QED) is 0.282. The van der Waals surface area contributed by atoms with E-state index in [4.69, 9.17) is 4.74 Å². The number of rotatable bonds is 8. The number of fused-ring (bicyclic) bond motifs is 2. The number of anilines is 1. The van der Waals surface area contributed by atoms with E-state index in [1.807, 2.05) is 36.5 Å². The number of benzene rings is 3. The third-order valence-corrected chi connectivity index (χ3v) is 7.95. The molecule has 5 nitrogen and oxygen atoms in total. The van der Waals surface area contributed by atoms with Crippen LogP contribution in [0.1, 0.15) is 47.2 Å². The number of carbonyl (C=O) groups excluding carboxylic acids is 1. The van der Waals surface area contributed by atoms with Gasteiger partial charge in [0.1, 0.15) is 12.4 Å². The van der Waals surface area contributed by atoms with Crippen molar-refractivity contribution in [2.75, 3.05) is 18.5 Å². The summed E-state index contributed by atoms with van der Waals surface area (Å²) in [6.07, 6.45) is 7.73. The molecule has 7 heteroatoms. The van der Waals surface area contributed by atoms with Crippen LogP contribution in [0.5, 0.6) is 5.75 Å². The van der Waals surface area contributed by atoms with Crippen molar-refractivity contribution in [1.82, 2.24) is 9.88 Å². The smallest absolute Gasteiger partial charge is 0.256 e. The summed E-state index contributed by atoms with van der Waals surface area (Å²) in [7, 11) is 0. The first kappa shape index (κ1) is 24.6. The number of para-hydroxylation sites is 1. The third kappa shape index (κ3) is 4.90. The van der Waals surface area contributed by atoms with Crippen LogP contribution in [0.2, 0.25) is 0 Å². The second-order valence-corrected chi connectivity index (χ2v) is 10.3.